The summed E-state index contributed by atoms with van der Waals surface area (Å²) in [5, 5.41) is 15.1. The first-order chi connectivity index (χ1) is 48.1. The van der Waals surface area contributed by atoms with E-state index in [-0.39, 0.29) is 6.71 Å². The van der Waals surface area contributed by atoms with E-state index in [4.69, 9.17) is 4.42 Å². The van der Waals surface area contributed by atoms with Crippen LogP contribution in [-0.4, -0.2) is 27.4 Å². The average molecular weight is 1270 g/mol. The van der Waals surface area contributed by atoms with Gasteiger partial charge in [-0.1, -0.05) is 315 Å². The van der Waals surface area contributed by atoms with Crippen LogP contribution in [0.25, 0.3) is 60.6 Å². The molecule has 0 fully saturated rings. The molecule has 0 saturated heterocycles. The minimum Gasteiger partial charge on any atom is -0.454 e. The van der Waals surface area contributed by atoms with Crippen LogP contribution >= 0.6 is 0 Å². The van der Waals surface area contributed by atoms with Crippen LogP contribution in [0.5, 0.6) is 0 Å². The van der Waals surface area contributed by atoms with Crippen molar-refractivity contribution in [3.8, 4) is 16.8 Å². The molecule has 15 aromatic carbocycles. The minimum absolute atomic E-state index is 0.255. The van der Waals surface area contributed by atoms with Gasteiger partial charge in [-0.3, -0.25) is 0 Å². The van der Waals surface area contributed by atoms with Crippen molar-refractivity contribution < 1.29 is 4.42 Å². The van der Waals surface area contributed by atoms with Gasteiger partial charge in [0.25, 0.3) is 6.71 Å². The maximum Gasteiger partial charge on any atom is 0.252 e. The lowest BCUT2D eigenvalue weighted by Gasteiger charge is -2.45. The van der Waals surface area contributed by atoms with Crippen molar-refractivity contribution in [3.63, 3.8) is 0 Å². The quantitative estimate of drug-likeness (QED) is 0.0900. The van der Waals surface area contributed by atoms with Gasteiger partial charge in [-0.05, 0) is 130 Å². The van der Waals surface area contributed by atoms with Gasteiger partial charge in [0.15, 0.2) is 21.7 Å². The van der Waals surface area contributed by atoms with E-state index in [2.05, 4.69) is 390 Å². The van der Waals surface area contributed by atoms with Crippen LogP contribution in [0.3, 0.4) is 0 Å². The largest absolute Gasteiger partial charge is 0.454 e. The van der Waals surface area contributed by atoms with Crippen molar-refractivity contribution in [2.45, 2.75) is 0 Å². The summed E-state index contributed by atoms with van der Waals surface area (Å²) in [4.78, 5) is 5.24. The van der Waals surface area contributed by atoms with Gasteiger partial charge in [-0.15, -0.1) is 0 Å². The first kappa shape index (κ1) is 56.5. The summed E-state index contributed by atoms with van der Waals surface area (Å²) in [6, 6.07) is 142. The third-order valence-corrected chi connectivity index (χ3v) is 30.4. The van der Waals surface area contributed by atoms with E-state index >= 15 is 0 Å². The van der Waals surface area contributed by atoms with Crippen LogP contribution < -0.4 is 67.7 Å². The molecule has 454 valence electrons. The second-order valence-corrected chi connectivity index (χ2v) is 33.4. The van der Waals surface area contributed by atoms with Crippen molar-refractivity contribution in [1.29, 1.82) is 0 Å². The second kappa shape index (κ2) is 22.9. The van der Waals surface area contributed by atoms with E-state index in [1.54, 1.807) is 0 Å². The highest BCUT2D eigenvalue weighted by atomic mass is 28.3. The number of rotatable bonds is 12. The Hall–Kier alpha value is -12.0. The first-order valence-electron chi connectivity index (χ1n) is 33.6. The molecule has 0 saturated carbocycles. The molecule has 2 aliphatic rings. The fourth-order valence-corrected chi connectivity index (χ4v) is 26.4. The van der Waals surface area contributed by atoms with Gasteiger partial charge in [-0.2, -0.15) is 0 Å². The van der Waals surface area contributed by atoms with E-state index < -0.39 is 16.1 Å². The Labute approximate surface area is 566 Å². The molecule has 4 nitrogen and oxygen atoms in total. The van der Waals surface area contributed by atoms with Gasteiger partial charge >= 0.3 is 0 Å². The van der Waals surface area contributed by atoms with Gasteiger partial charge in [-0.25, -0.2) is 0 Å². The molecule has 0 radical (unpaired) electrons. The number of furan rings is 1. The average Bonchev–Trinajstić information content (AvgIpc) is 1.60. The Morgan fingerprint density at radius 1 is 0.258 bits per heavy atom. The smallest absolute Gasteiger partial charge is 0.252 e. The second-order valence-electron chi connectivity index (χ2n) is 25.8. The summed E-state index contributed by atoms with van der Waals surface area (Å²) < 4.78 is 9.90. The Morgan fingerprint density at radius 3 is 1.21 bits per heavy atom. The zero-order chi connectivity index (χ0) is 64.0. The molecule has 2 aliphatic heterocycles. The number of para-hydroxylation sites is 3. The molecular weight excluding hydrogens is 1210 g/mol. The SMILES string of the molecule is c1ccc(-c2cccc(N3c4cc(-n5c6ccccc6c6ccccc65)cc5c4B(c4ccc([Si](c6ccccc6)(c6ccccc6)c6ccccc6)cc4N5c4cccc([Si](c5ccccc5)(c5ccccc5)c5ccccc5)c4)c4ccc5c(oc6ccccc65)c43)c2)cc1. The molecule has 0 bridgehead atoms. The standard InChI is InChI=1S/C90H62BN3OSi2/c1-8-30-63(31-9-1)64-32-28-33-65(58-64)94-86-61-67(93-82-51-25-22-48-76(82)77-49-23-26-52-83(77)93)60-85-88(86)91(81-57-55-79-78-50-24-27-53-87(78)95-90(79)89(81)94)80-56-54-75(97(71-41-16-5-17-42-71,72-43-18-6-19-44-72)73-45-20-7-21-46-73)62-84(80)92(85)66-34-29-47-74(59-66)96(68-35-10-2-11-36-68,69-37-12-3-13-38-69)70-39-14-4-15-40-70/h1-62H. The van der Waals surface area contributed by atoms with Crippen LogP contribution in [0.1, 0.15) is 0 Å². The lowest BCUT2D eigenvalue weighted by molar-refractivity contribution is 0.669. The Kier molecular flexibility index (Phi) is 13.3. The molecule has 97 heavy (non-hydrogen) atoms. The summed E-state index contributed by atoms with van der Waals surface area (Å²) in [6.45, 7) is -0.255. The molecule has 19 rings (SSSR count). The summed E-state index contributed by atoms with van der Waals surface area (Å²) in [5.74, 6) is 0. The zero-order valence-electron chi connectivity index (χ0n) is 53.1. The van der Waals surface area contributed by atoms with E-state index in [1.165, 1.54) is 68.7 Å². The minimum atomic E-state index is -3.16. The molecule has 7 heteroatoms. The van der Waals surface area contributed by atoms with E-state index in [9.17, 15) is 0 Å². The molecule has 0 N–H and O–H groups in total. The number of nitrogens with zero attached hydrogens (tertiary/aromatic N) is 3. The number of anilines is 6. The van der Waals surface area contributed by atoms with Crippen LogP contribution in [0.2, 0.25) is 0 Å². The van der Waals surface area contributed by atoms with Crippen molar-refractivity contribution >= 4 is 159 Å². The maximum absolute atomic E-state index is 7.39. The number of aromatic nitrogens is 1. The fourth-order valence-electron chi connectivity index (χ4n) is 16.8. The lowest BCUT2D eigenvalue weighted by Crippen LogP contribution is -2.75. The molecule has 0 unspecified atom stereocenters. The lowest BCUT2D eigenvalue weighted by atomic mass is 9.33. The zero-order valence-corrected chi connectivity index (χ0v) is 55.1. The molecule has 0 aliphatic carbocycles. The van der Waals surface area contributed by atoms with Crippen LogP contribution in [0.15, 0.2) is 381 Å². The van der Waals surface area contributed by atoms with Crippen molar-refractivity contribution in [3.05, 3.63) is 376 Å². The van der Waals surface area contributed by atoms with Gasteiger partial charge in [0.05, 0.1) is 22.4 Å². The van der Waals surface area contributed by atoms with E-state index in [1.807, 2.05) is 0 Å². The Balaban J connectivity index is 0.986. The third-order valence-electron chi connectivity index (χ3n) is 20.8. The predicted octanol–water partition coefficient (Wildman–Crippen LogP) is 15.2. The van der Waals surface area contributed by atoms with Gasteiger partial charge in [0.2, 0.25) is 0 Å². The fraction of sp³-hybridized carbons (Fsp3) is 0. The van der Waals surface area contributed by atoms with Gasteiger partial charge in [0.1, 0.15) is 5.58 Å². The van der Waals surface area contributed by atoms with Crippen molar-refractivity contribution in [2.24, 2.45) is 0 Å². The topological polar surface area (TPSA) is 24.6 Å². The Bertz CT molecular complexity index is 5600. The molecule has 0 atom stereocenters. The van der Waals surface area contributed by atoms with Crippen LogP contribution in [0.4, 0.5) is 34.1 Å². The number of hydrogen-bond donors (Lipinski definition) is 0. The summed E-state index contributed by atoms with van der Waals surface area (Å²) in [5.41, 5.74) is 17.5. The maximum atomic E-state index is 7.39. The molecule has 2 aromatic heterocycles. The van der Waals surface area contributed by atoms with E-state index in [0.717, 1.165) is 83.9 Å². The number of benzene rings is 15. The van der Waals surface area contributed by atoms with Crippen LogP contribution in [0, 0.1) is 0 Å². The molecule has 4 heterocycles. The van der Waals surface area contributed by atoms with Gasteiger partial charge in [0, 0.05) is 50.0 Å². The highest BCUT2D eigenvalue weighted by Gasteiger charge is 2.49. The first-order valence-corrected chi connectivity index (χ1v) is 37.6. The molecule has 0 spiro atoms. The van der Waals surface area contributed by atoms with Gasteiger partial charge < -0.3 is 18.8 Å². The monoisotopic (exact) mass is 1270 g/mol. The summed E-state index contributed by atoms with van der Waals surface area (Å²) in [6.07, 6.45) is 0. The predicted molar refractivity (Wildman–Crippen MR) is 415 cm³/mol. The highest BCUT2D eigenvalue weighted by Crippen LogP contribution is 2.49. The molecule has 0 amide bonds. The van der Waals surface area contributed by atoms with Crippen LogP contribution in [-0.2, 0) is 0 Å². The normalized spacial score (nSPS) is 12.7. The highest BCUT2D eigenvalue weighted by molar-refractivity contribution is 7.20. The molecular formula is C90H62BN3OSi2. The third kappa shape index (κ3) is 8.69. The molecule has 17 aromatic rings. The summed E-state index contributed by atoms with van der Waals surface area (Å²) >= 11 is 0. The Morgan fingerprint density at radius 2 is 0.670 bits per heavy atom. The summed E-state index contributed by atoms with van der Waals surface area (Å²) in [7, 11) is -6.27. The van der Waals surface area contributed by atoms with E-state index in [0.29, 0.717) is 0 Å². The van der Waals surface area contributed by atoms with Crippen molar-refractivity contribution in [1.82, 2.24) is 4.57 Å². The number of hydrogen-bond acceptors (Lipinski definition) is 3. The number of fused-ring (bicyclic) bond motifs is 11. The van der Waals surface area contributed by atoms with Crippen molar-refractivity contribution in [2.75, 3.05) is 9.80 Å².